The number of carbonyl (C=O) groups excluding carboxylic acids is 1. The second-order valence-corrected chi connectivity index (χ2v) is 5.24. The lowest BCUT2D eigenvalue weighted by Gasteiger charge is -2.38. The normalized spacial score (nSPS) is 20.4. The summed E-state index contributed by atoms with van der Waals surface area (Å²) in [5, 5.41) is 2.99. The van der Waals surface area contributed by atoms with Gasteiger partial charge in [0.05, 0.1) is 0 Å². The highest BCUT2D eigenvalue weighted by atomic mass is 16.2. The van der Waals surface area contributed by atoms with E-state index in [0.29, 0.717) is 5.56 Å². The minimum absolute atomic E-state index is 0.0996. The Kier molecular flexibility index (Phi) is 4.04. The number of likely N-dealkylation sites (N-methyl/N-ethyl adjacent to an activating group) is 1. The molecule has 2 rings (SSSR count). The first-order valence-corrected chi connectivity index (χ1v) is 6.67. The molecule has 5 nitrogen and oxygen atoms in total. The summed E-state index contributed by atoms with van der Waals surface area (Å²) in [6.45, 7) is 6.64. The van der Waals surface area contributed by atoms with E-state index in [1.165, 1.54) is 0 Å². The summed E-state index contributed by atoms with van der Waals surface area (Å²) in [6, 6.07) is 3.92. The van der Waals surface area contributed by atoms with Gasteiger partial charge in [-0.05, 0) is 33.0 Å². The zero-order chi connectivity index (χ0) is 14.0. The number of hydrogen-bond acceptors (Lipinski definition) is 4. The third-order valence-corrected chi connectivity index (χ3v) is 3.55. The molecule has 1 aliphatic rings. The number of aromatic nitrogens is 1. The molecule has 1 N–H and O–H groups in total. The number of pyridine rings is 1. The van der Waals surface area contributed by atoms with Gasteiger partial charge in [-0.2, -0.15) is 0 Å². The quantitative estimate of drug-likeness (QED) is 0.870. The molecule has 1 saturated heterocycles. The molecule has 1 atom stereocenters. The van der Waals surface area contributed by atoms with E-state index < -0.39 is 0 Å². The Balaban J connectivity index is 2.21. The van der Waals surface area contributed by atoms with E-state index in [9.17, 15) is 4.79 Å². The average Bonchev–Trinajstić information content (AvgIpc) is 2.37. The first kappa shape index (κ1) is 13.8. The van der Waals surface area contributed by atoms with Crippen molar-refractivity contribution in [2.24, 2.45) is 0 Å². The van der Waals surface area contributed by atoms with Crippen molar-refractivity contribution in [1.82, 2.24) is 14.8 Å². The molecule has 0 aromatic carbocycles. The minimum atomic E-state index is 0.0996. The van der Waals surface area contributed by atoms with E-state index >= 15 is 0 Å². The molecule has 0 bridgehead atoms. The topological polar surface area (TPSA) is 48.5 Å². The van der Waals surface area contributed by atoms with Crippen molar-refractivity contribution in [3.8, 4) is 0 Å². The summed E-state index contributed by atoms with van der Waals surface area (Å²) in [6.07, 6.45) is 0. The summed E-state index contributed by atoms with van der Waals surface area (Å²) < 4.78 is 0. The number of carbonyl (C=O) groups is 1. The Morgan fingerprint density at radius 2 is 2.16 bits per heavy atom. The summed E-state index contributed by atoms with van der Waals surface area (Å²) in [7, 11) is 3.91. The van der Waals surface area contributed by atoms with Crippen molar-refractivity contribution in [3.05, 3.63) is 23.4 Å². The maximum Gasteiger partial charge on any atom is 0.254 e. The van der Waals surface area contributed by atoms with Crippen molar-refractivity contribution >= 4 is 11.7 Å². The maximum absolute atomic E-state index is 12.6. The van der Waals surface area contributed by atoms with Crippen molar-refractivity contribution in [2.45, 2.75) is 19.9 Å². The molecule has 1 amide bonds. The van der Waals surface area contributed by atoms with Crippen LogP contribution in [0.4, 0.5) is 5.82 Å². The molecule has 1 aromatic rings. The molecule has 2 heterocycles. The molecule has 19 heavy (non-hydrogen) atoms. The van der Waals surface area contributed by atoms with Crippen molar-refractivity contribution in [1.29, 1.82) is 0 Å². The number of nitrogens with one attached hydrogen (secondary N) is 1. The SMILES string of the molecule is CNc1cc(C(=O)N2CCN(C)CC2C)cc(C)n1. The fourth-order valence-corrected chi connectivity index (χ4v) is 2.53. The first-order valence-electron chi connectivity index (χ1n) is 6.67. The van der Waals surface area contributed by atoms with Gasteiger partial charge in [0.15, 0.2) is 0 Å². The van der Waals surface area contributed by atoms with Crippen molar-refractivity contribution < 1.29 is 4.79 Å². The number of hydrogen-bond donors (Lipinski definition) is 1. The predicted octanol–water partition coefficient (Wildman–Crippen LogP) is 1.21. The number of nitrogens with zero attached hydrogens (tertiary/aromatic N) is 3. The van der Waals surface area contributed by atoms with E-state index in [-0.39, 0.29) is 11.9 Å². The molecule has 1 aromatic heterocycles. The molecule has 1 fully saturated rings. The van der Waals surface area contributed by atoms with Gasteiger partial charge in [0.25, 0.3) is 5.91 Å². The van der Waals surface area contributed by atoms with Crippen LogP contribution in [-0.4, -0.2) is 60.5 Å². The fourth-order valence-electron chi connectivity index (χ4n) is 2.53. The molecular formula is C14H22N4O. The fraction of sp³-hybridized carbons (Fsp3) is 0.571. The Morgan fingerprint density at radius 3 is 2.79 bits per heavy atom. The van der Waals surface area contributed by atoms with E-state index in [4.69, 9.17) is 0 Å². The van der Waals surface area contributed by atoms with Gasteiger partial charge < -0.3 is 15.1 Å². The lowest BCUT2D eigenvalue weighted by molar-refractivity contribution is 0.0533. The number of aryl methyl sites for hydroxylation is 1. The van der Waals surface area contributed by atoms with E-state index in [0.717, 1.165) is 31.1 Å². The van der Waals surface area contributed by atoms with E-state index in [2.05, 4.69) is 29.2 Å². The summed E-state index contributed by atoms with van der Waals surface area (Å²) in [4.78, 5) is 21.1. The van der Waals surface area contributed by atoms with Gasteiger partial charge in [-0.25, -0.2) is 4.98 Å². The zero-order valence-corrected chi connectivity index (χ0v) is 12.1. The van der Waals surface area contributed by atoms with Gasteiger partial charge in [0.1, 0.15) is 5.82 Å². The molecule has 0 radical (unpaired) electrons. The lowest BCUT2D eigenvalue weighted by atomic mass is 10.1. The minimum Gasteiger partial charge on any atom is -0.373 e. The highest BCUT2D eigenvalue weighted by molar-refractivity contribution is 5.95. The van der Waals surface area contributed by atoms with Gasteiger partial charge in [0.2, 0.25) is 0 Å². The molecular weight excluding hydrogens is 240 g/mol. The second kappa shape index (κ2) is 5.57. The molecule has 1 unspecified atom stereocenters. The third-order valence-electron chi connectivity index (χ3n) is 3.55. The van der Waals surface area contributed by atoms with Gasteiger partial charge >= 0.3 is 0 Å². The van der Waals surface area contributed by atoms with E-state index in [1.807, 2.05) is 31.0 Å². The van der Waals surface area contributed by atoms with Crippen LogP contribution in [0.15, 0.2) is 12.1 Å². The van der Waals surface area contributed by atoms with Crippen molar-refractivity contribution in [2.75, 3.05) is 39.0 Å². The molecule has 104 valence electrons. The molecule has 0 aliphatic carbocycles. The van der Waals surface area contributed by atoms with Gasteiger partial charge in [-0.15, -0.1) is 0 Å². The standard InChI is InChI=1S/C14H22N4O/c1-10-7-12(8-13(15-3)16-10)14(19)18-6-5-17(4)9-11(18)2/h7-8,11H,5-6,9H2,1-4H3,(H,15,16). The van der Waals surface area contributed by atoms with Crippen LogP contribution in [0.5, 0.6) is 0 Å². The number of anilines is 1. The lowest BCUT2D eigenvalue weighted by Crippen LogP contribution is -2.52. The average molecular weight is 262 g/mol. The third kappa shape index (κ3) is 3.04. The number of rotatable bonds is 2. The van der Waals surface area contributed by atoms with Crippen LogP contribution in [-0.2, 0) is 0 Å². The van der Waals surface area contributed by atoms with Crippen LogP contribution in [0, 0.1) is 6.92 Å². The Hall–Kier alpha value is -1.62. The van der Waals surface area contributed by atoms with Crippen LogP contribution < -0.4 is 5.32 Å². The van der Waals surface area contributed by atoms with E-state index in [1.54, 1.807) is 0 Å². The Labute approximate surface area is 114 Å². The van der Waals surface area contributed by atoms with Gasteiger partial charge in [-0.3, -0.25) is 4.79 Å². The summed E-state index contributed by atoms with van der Waals surface area (Å²) >= 11 is 0. The highest BCUT2D eigenvalue weighted by Crippen LogP contribution is 2.16. The van der Waals surface area contributed by atoms with Gasteiger partial charge in [0, 0.05) is 44.0 Å². The molecule has 0 saturated carbocycles. The van der Waals surface area contributed by atoms with Gasteiger partial charge in [-0.1, -0.05) is 0 Å². The predicted molar refractivity (Wildman–Crippen MR) is 76.5 cm³/mol. The first-order chi connectivity index (χ1) is 9.01. The molecule has 5 heteroatoms. The summed E-state index contributed by atoms with van der Waals surface area (Å²) in [5.74, 6) is 0.840. The summed E-state index contributed by atoms with van der Waals surface area (Å²) in [5.41, 5.74) is 1.57. The largest absolute Gasteiger partial charge is 0.373 e. The monoisotopic (exact) mass is 262 g/mol. The van der Waals surface area contributed by atoms with Crippen LogP contribution >= 0.6 is 0 Å². The highest BCUT2D eigenvalue weighted by Gasteiger charge is 2.26. The second-order valence-electron chi connectivity index (χ2n) is 5.24. The molecule has 0 spiro atoms. The Morgan fingerprint density at radius 1 is 1.42 bits per heavy atom. The Bertz CT molecular complexity index is 475. The van der Waals surface area contributed by atoms with Crippen LogP contribution in [0.25, 0.3) is 0 Å². The number of amides is 1. The smallest absolute Gasteiger partial charge is 0.254 e. The number of piperazine rings is 1. The van der Waals surface area contributed by atoms with Crippen LogP contribution in [0.3, 0.4) is 0 Å². The maximum atomic E-state index is 12.6. The van der Waals surface area contributed by atoms with Crippen LogP contribution in [0.2, 0.25) is 0 Å². The van der Waals surface area contributed by atoms with Crippen molar-refractivity contribution in [3.63, 3.8) is 0 Å². The van der Waals surface area contributed by atoms with Crippen LogP contribution in [0.1, 0.15) is 23.0 Å². The molecule has 1 aliphatic heterocycles. The zero-order valence-electron chi connectivity index (χ0n) is 12.1.